The first-order chi connectivity index (χ1) is 14.0. The molecule has 1 saturated heterocycles. The van der Waals surface area contributed by atoms with Crippen LogP contribution in [0.3, 0.4) is 0 Å². The van der Waals surface area contributed by atoms with E-state index in [1.54, 1.807) is 7.11 Å². The topological polar surface area (TPSA) is 58.6 Å². The maximum absolute atomic E-state index is 12.8. The molecule has 0 unspecified atom stereocenters. The van der Waals surface area contributed by atoms with E-state index >= 15 is 0 Å². The van der Waals surface area contributed by atoms with Gasteiger partial charge in [-0.15, -0.1) is 0 Å². The molecular weight excluding hydrogens is 374 g/mol. The molecule has 30 heavy (non-hydrogen) atoms. The maximum atomic E-state index is 12.8. The van der Waals surface area contributed by atoms with E-state index in [1.165, 1.54) is 11.1 Å². The zero-order valence-corrected chi connectivity index (χ0v) is 19.3. The summed E-state index contributed by atoms with van der Waals surface area (Å²) >= 11 is 0. The van der Waals surface area contributed by atoms with E-state index in [2.05, 4.69) is 57.3 Å². The molecule has 0 bridgehead atoms. The van der Waals surface area contributed by atoms with Gasteiger partial charge in [0.1, 0.15) is 0 Å². The van der Waals surface area contributed by atoms with Crippen LogP contribution in [0, 0.1) is 29.1 Å². The molecule has 0 radical (unpaired) electrons. The van der Waals surface area contributed by atoms with Crippen LogP contribution >= 0.6 is 0 Å². The average Bonchev–Trinajstić information content (AvgIpc) is 3.16. The predicted molar refractivity (Wildman–Crippen MR) is 119 cm³/mol. The summed E-state index contributed by atoms with van der Waals surface area (Å²) in [6.45, 7) is 10.8. The molecular formula is C26H37NO3. The van der Waals surface area contributed by atoms with E-state index < -0.39 is 11.3 Å². The van der Waals surface area contributed by atoms with Crippen LogP contribution in [-0.2, 0) is 9.53 Å². The van der Waals surface area contributed by atoms with Crippen molar-refractivity contribution >= 4 is 5.91 Å². The summed E-state index contributed by atoms with van der Waals surface area (Å²) in [4.78, 5) is 12.8. The van der Waals surface area contributed by atoms with E-state index in [4.69, 9.17) is 4.74 Å². The molecule has 4 heteroatoms. The molecule has 1 amide bonds. The summed E-state index contributed by atoms with van der Waals surface area (Å²) in [7, 11) is 1.65. The Morgan fingerprint density at radius 1 is 1.33 bits per heavy atom. The molecule has 3 fully saturated rings. The number of amides is 1. The van der Waals surface area contributed by atoms with Crippen LogP contribution in [0.5, 0.6) is 0 Å². The van der Waals surface area contributed by atoms with E-state index in [0.717, 1.165) is 24.8 Å². The van der Waals surface area contributed by atoms with E-state index in [0.29, 0.717) is 18.3 Å². The van der Waals surface area contributed by atoms with Gasteiger partial charge in [-0.3, -0.25) is 4.79 Å². The molecule has 4 rings (SSSR count). The largest absolute Gasteiger partial charge is 0.390 e. The van der Waals surface area contributed by atoms with Gasteiger partial charge >= 0.3 is 0 Å². The van der Waals surface area contributed by atoms with E-state index in [-0.39, 0.29) is 23.2 Å². The summed E-state index contributed by atoms with van der Waals surface area (Å²) in [5.41, 5.74) is 1.90. The Morgan fingerprint density at radius 3 is 2.73 bits per heavy atom. The third kappa shape index (κ3) is 3.23. The lowest BCUT2D eigenvalue weighted by Crippen LogP contribution is -2.46. The highest BCUT2D eigenvalue weighted by atomic mass is 16.5. The second-order valence-electron chi connectivity index (χ2n) is 10.8. The Balaban J connectivity index is 1.74. The van der Waals surface area contributed by atoms with Gasteiger partial charge in [-0.1, -0.05) is 55.4 Å². The number of aliphatic hydroxyl groups is 1. The first-order valence-electron chi connectivity index (χ1n) is 11.4. The zero-order chi connectivity index (χ0) is 21.9. The number of rotatable bonds is 4. The highest BCUT2D eigenvalue weighted by Crippen LogP contribution is 2.62. The summed E-state index contributed by atoms with van der Waals surface area (Å²) in [5.74, 6) is 0.740. The number of hydrogen-bond acceptors (Lipinski definition) is 3. The SMILES string of the molecule is CO[C@]12C[C@@](C)(O)[C@H]3C[C@@]4(C)CC[C@H]([C@@H](C)/C=C\C=C(C)C)C4=CC=C(C(=O)N1)[C@@H]32. The summed E-state index contributed by atoms with van der Waals surface area (Å²) in [5, 5.41) is 14.5. The Labute approximate surface area is 181 Å². The van der Waals surface area contributed by atoms with Crippen molar-refractivity contribution < 1.29 is 14.6 Å². The van der Waals surface area contributed by atoms with Crippen molar-refractivity contribution in [1.29, 1.82) is 0 Å². The van der Waals surface area contributed by atoms with Gasteiger partial charge < -0.3 is 15.2 Å². The van der Waals surface area contributed by atoms with Crippen molar-refractivity contribution in [2.45, 2.75) is 71.6 Å². The molecule has 7 atom stereocenters. The maximum Gasteiger partial charge on any atom is 0.249 e. The minimum Gasteiger partial charge on any atom is -0.390 e. The molecule has 1 heterocycles. The van der Waals surface area contributed by atoms with E-state index in [9.17, 15) is 9.90 Å². The molecule has 4 nitrogen and oxygen atoms in total. The molecule has 0 spiro atoms. The summed E-state index contributed by atoms with van der Waals surface area (Å²) in [6, 6.07) is 0. The molecule has 3 aliphatic carbocycles. The normalized spacial score (nSPS) is 43.3. The number of hydrogen-bond donors (Lipinski definition) is 2. The highest BCUT2D eigenvalue weighted by Gasteiger charge is 2.66. The van der Waals surface area contributed by atoms with Crippen molar-refractivity contribution in [3.05, 3.63) is 47.1 Å². The second-order valence-corrected chi connectivity index (χ2v) is 10.8. The van der Waals surface area contributed by atoms with Gasteiger partial charge in [0.15, 0.2) is 5.72 Å². The molecule has 0 aromatic rings. The fraction of sp³-hybridized carbons (Fsp3) is 0.654. The lowest BCUT2D eigenvalue weighted by atomic mass is 9.66. The highest BCUT2D eigenvalue weighted by molar-refractivity contribution is 5.98. The number of carbonyl (C=O) groups is 1. The lowest BCUT2D eigenvalue weighted by Gasteiger charge is -2.39. The van der Waals surface area contributed by atoms with Gasteiger partial charge in [0, 0.05) is 30.9 Å². The number of fused-ring (bicyclic) bond motifs is 1. The van der Waals surface area contributed by atoms with E-state index in [1.807, 2.05) is 13.0 Å². The number of ether oxygens (including phenoxy) is 1. The molecule has 164 valence electrons. The molecule has 1 aliphatic heterocycles. The first-order valence-corrected chi connectivity index (χ1v) is 11.4. The van der Waals surface area contributed by atoms with Crippen molar-refractivity contribution in [3.63, 3.8) is 0 Å². The zero-order valence-electron chi connectivity index (χ0n) is 19.3. The lowest BCUT2D eigenvalue weighted by molar-refractivity contribution is -0.123. The van der Waals surface area contributed by atoms with Gasteiger partial charge in [0.25, 0.3) is 0 Å². The van der Waals surface area contributed by atoms with Crippen LogP contribution in [0.2, 0.25) is 0 Å². The first kappa shape index (κ1) is 21.6. The molecule has 2 N–H and O–H groups in total. The summed E-state index contributed by atoms with van der Waals surface area (Å²) < 4.78 is 5.86. The van der Waals surface area contributed by atoms with Crippen LogP contribution < -0.4 is 5.32 Å². The fourth-order valence-corrected chi connectivity index (χ4v) is 6.75. The Morgan fingerprint density at radius 2 is 2.07 bits per heavy atom. The van der Waals surface area contributed by atoms with Crippen molar-refractivity contribution in [2.24, 2.45) is 29.1 Å². The molecule has 2 saturated carbocycles. The summed E-state index contributed by atoms with van der Waals surface area (Å²) in [6.07, 6.45) is 14.5. The smallest absolute Gasteiger partial charge is 0.249 e. The number of methoxy groups -OCH3 is 1. The molecule has 0 aromatic carbocycles. The second kappa shape index (κ2) is 7.20. The number of carbonyl (C=O) groups excluding carboxylic acids is 1. The molecule has 4 aliphatic rings. The Hall–Kier alpha value is -1.65. The van der Waals surface area contributed by atoms with Crippen LogP contribution in [0.4, 0.5) is 0 Å². The third-order valence-electron chi connectivity index (χ3n) is 8.31. The Bertz CT molecular complexity index is 860. The predicted octanol–water partition coefficient (Wildman–Crippen LogP) is 4.68. The van der Waals surface area contributed by atoms with Crippen molar-refractivity contribution in [1.82, 2.24) is 5.32 Å². The van der Waals surface area contributed by atoms with Crippen LogP contribution in [0.15, 0.2) is 47.1 Å². The number of allylic oxidation sites excluding steroid dienone is 7. The number of nitrogens with one attached hydrogen (secondary N) is 1. The van der Waals surface area contributed by atoms with Gasteiger partial charge in [-0.25, -0.2) is 0 Å². The van der Waals surface area contributed by atoms with Gasteiger partial charge in [0.2, 0.25) is 5.91 Å². The van der Waals surface area contributed by atoms with Crippen LogP contribution in [-0.4, -0.2) is 29.4 Å². The van der Waals surface area contributed by atoms with Crippen LogP contribution in [0.25, 0.3) is 0 Å². The van der Waals surface area contributed by atoms with Crippen LogP contribution in [0.1, 0.15) is 60.3 Å². The third-order valence-corrected chi connectivity index (χ3v) is 8.31. The monoisotopic (exact) mass is 411 g/mol. The van der Waals surface area contributed by atoms with Gasteiger partial charge in [-0.2, -0.15) is 0 Å². The molecule has 0 aromatic heterocycles. The minimum absolute atomic E-state index is 0.00776. The fourth-order valence-electron chi connectivity index (χ4n) is 6.75. The Kier molecular flexibility index (Phi) is 5.18. The standard InChI is InChI=1S/C26H37NO3/c1-16(2)8-7-9-17(3)18-12-13-24(4)14-21-22-19(10-11-20(18)24)23(28)27-26(22,30-6)15-25(21,5)29/h7-11,17-18,21-22,29H,12-15H2,1-6H3,(H,27,28)/b9-7-,19-10?,20-11?/t17-,18+,21-,22-,24+,25+,26-/m0/s1. The van der Waals surface area contributed by atoms with Crippen molar-refractivity contribution in [3.8, 4) is 0 Å². The van der Waals surface area contributed by atoms with Gasteiger partial charge in [-0.05, 0) is 57.3 Å². The van der Waals surface area contributed by atoms with Crippen molar-refractivity contribution in [2.75, 3.05) is 7.11 Å². The van der Waals surface area contributed by atoms with Gasteiger partial charge in [0.05, 0.1) is 5.60 Å². The quantitative estimate of drug-likeness (QED) is 0.661. The average molecular weight is 412 g/mol. The minimum atomic E-state index is -0.869.